The van der Waals surface area contributed by atoms with Gasteiger partial charge in [-0.3, -0.25) is 4.79 Å². The second kappa shape index (κ2) is 6.04. The molecule has 2 rings (SSSR count). The third-order valence-corrected chi connectivity index (χ3v) is 2.87. The van der Waals surface area contributed by atoms with E-state index in [1.807, 2.05) is 0 Å². The summed E-state index contributed by atoms with van der Waals surface area (Å²) in [6.07, 6.45) is 4.00. The first-order valence-electron chi connectivity index (χ1n) is 6.05. The van der Waals surface area contributed by atoms with Crippen LogP contribution in [-0.4, -0.2) is 26.9 Å². The smallest absolute Gasteiger partial charge is 0.376 e. The van der Waals surface area contributed by atoms with Crippen molar-refractivity contribution in [1.82, 2.24) is 4.98 Å². The summed E-state index contributed by atoms with van der Waals surface area (Å²) in [5, 5.41) is 18.3. The summed E-state index contributed by atoms with van der Waals surface area (Å²) in [5.41, 5.74) is 1.61. The number of aliphatic carboxylic acids is 1. The number of aliphatic hydroxyl groups excluding tert-OH is 1. The zero-order valence-corrected chi connectivity index (χ0v) is 10.8. The largest absolute Gasteiger partial charge is 0.507 e. The van der Waals surface area contributed by atoms with Crippen LogP contribution < -0.4 is 0 Å². The van der Waals surface area contributed by atoms with E-state index in [0.717, 1.165) is 0 Å². The SMILES string of the molecule is O=C(O)C(=O)C=C(O)c1c[nH]cc1Cc1cccc(F)c1. The van der Waals surface area contributed by atoms with Crippen LogP contribution in [0.5, 0.6) is 0 Å². The minimum Gasteiger partial charge on any atom is -0.507 e. The van der Waals surface area contributed by atoms with Crippen LogP contribution in [0, 0.1) is 5.82 Å². The minimum absolute atomic E-state index is 0.300. The average Bonchev–Trinajstić information content (AvgIpc) is 2.86. The van der Waals surface area contributed by atoms with Gasteiger partial charge in [-0.15, -0.1) is 0 Å². The third-order valence-electron chi connectivity index (χ3n) is 2.87. The second-order valence-corrected chi connectivity index (χ2v) is 4.40. The van der Waals surface area contributed by atoms with Gasteiger partial charge in [0, 0.05) is 24.0 Å². The number of ketones is 1. The van der Waals surface area contributed by atoms with E-state index in [9.17, 15) is 19.1 Å². The Labute approximate surface area is 119 Å². The molecule has 0 aliphatic carbocycles. The lowest BCUT2D eigenvalue weighted by Crippen LogP contribution is -2.09. The highest BCUT2D eigenvalue weighted by Gasteiger charge is 2.14. The van der Waals surface area contributed by atoms with Crippen molar-refractivity contribution in [2.45, 2.75) is 6.42 Å². The van der Waals surface area contributed by atoms with Crippen LogP contribution in [0.15, 0.2) is 42.7 Å². The van der Waals surface area contributed by atoms with Crippen molar-refractivity contribution in [3.8, 4) is 0 Å². The lowest BCUT2D eigenvalue weighted by Gasteiger charge is -2.04. The fourth-order valence-electron chi connectivity index (χ4n) is 1.91. The van der Waals surface area contributed by atoms with Gasteiger partial charge in [0.25, 0.3) is 5.78 Å². The molecule has 0 aliphatic heterocycles. The molecular weight excluding hydrogens is 277 g/mol. The number of benzene rings is 1. The van der Waals surface area contributed by atoms with E-state index < -0.39 is 17.5 Å². The summed E-state index contributed by atoms with van der Waals surface area (Å²) in [6.45, 7) is 0. The summed E-state index contributed by atoms with van der Waals surface area (Å²) < 4.78 is 13.1. The van der Waals surface area contributed by atoms with Crippen LogP contribution in [-0.2, 0) is 16.0 Å². The van der Waals surface area contributed by atoms with E-state index in [1.165, 1.54) is 18.3 Å². The number of aliphatic hydroxyl groups is 1. The van der Waals surface area contributed by atoms with Crippen LogP contribution in [0.2, 0.25) is 0 Å². The number of hydrogen-bond acceptors (Lipinski definition) is 3. The van der Waals surface area contributed by atoms with Crippen molar-refractivity contribution < 1.29 is 24.2 Å². The van der Waals surface area contributed by atoms with E-state index in [1.54, 1.807) is 18.3 Å². The molecule has 0 atom stereocenters. The molecule has 0 amide bonds. The van der Waals surface area contributed by atoms with Crippen molar-refractivity contribution in [3.63, 3.8) is 0 Å². The highest BCUT2D eigenvalue weighted by Crippen LogP contribution is 2.20. The maximum atomic E-state index is 13.1. The molecule has 21 heavy (non-hydrogen) atoms. The Kier molecular flexibility index (Phi) is 4.18. The van der Waals surface area contributed by atoms with Gasteiger partial charge in [0.2, 0.25) is 0 Å². The van der Waals surface area contributed by atoms with Gasteiger partial charge in [0.1, 0.15) is 11.6 Å². The number of H-pyrrole nitrogens is 1. The summed E-state index contributed by atoms with van der Waals surface area (Å²) in [6, 6.07) is 5.98. The maximum Gasteiger partial charge on any atom is 0.376 e. The summed E-state index contributed by atoms with van der Waals surface area (Å²) in [4.78, 5) is 24.3. The Morgan fingerprint density at radius 2 is 2.00 bits per heavy atom. The molecule has 0 aliphatic rings. The van der Waals surface area contributed by atoms with Gasteiger partial charge in [-0.1, -0.05) is 12.1 Å². The average molecular weight is 289 g/mol. The first-order chi connectivity index (χ1) is 9.97. The van der Waals surface area contributed by atoms with Crippen LogP contribution in [0.25, 0.3) is 5.76 Å². The number of hydrogen-bond donors (Lipinski definition) is 3. The van der Waals surface area contributed by atoms with Crippen LogP contribution in [0.1, 0.15) is 16.7 Å². The molecule has 0 radical (unpaired) electrons. The highest BCUT2D eigenvalue weighted by atomic mass is 19.1. The Morgan fingerprint density at radius 3 is 2.67 bits per heavy atom. The number of carboxylic acids is 1. The first kappa shape index (κ1) is 14.5. The molecule has 0 unspecified atom stereocenters. The van der Waals surface area contributed by atoms with E-state index in [-0.39, 0.29) is 5.82 Å². The summed E-state index contributed by atoms with van der Waals surface area (Å²) in [7, 11) is 0. The Hall–Kier alpha value is -2.89. The summed E-state index contributed by atoms with van der Waals surface area (Å²) in [5.74, 6) is -3.69. The third kappa shape index (κ3) is 3.56. The van der Waals surface area contributed by atoms with Crippen molar-refractivity contribution >= 4 is 17.5 Å². The van der Waals surface area contributed by atoms with Crippen LogP contribution >= 0.6 is 0 Å². The molecule has 0 bridgehead atoms. The molecular formula is C15H12FNO4. The van der Waals surface area contributed by atoms with E-state index in [2.05, 4.69) is 4.98 Å². The second-order valence-electron chi connectivity index (χ2n) is 4.40. The van der Waals surface area contributed by atoms with Crippen molar-refractivity contribution in [3.05, 3.63) is 65.2 Å². The molecule has 3 N–H and O–H groups in total. The number of carbonyl (C=O) groups is 2. The lowest BCUT2D eigenvalue weighted by atomic mass is 10.0. The molecule has 6 heteroatoms. The molecule has 5 nitrogen and oxygen atoms in total. The molecule has 0 saturated heterocycles. The molecule has 108 valence electrons. The zero-order valence-electron chi connectivity index (χ0n) is 10.8. The topological polar surface area (TPSA) is 90.4 Å². The highest BCUT2D eigenvalue weighted by molar-refractivity contribution is 6.38. The van der Waals surface area contributed by atoms with Crippen LogP contribution in [0.3, 0.4) is 0 Å². The number of rotatable bonds is 5. The number of carbonyl (C=O) groups excluding carboxylic acids is 1. The molecule has 0 fully saturated rings. The van der Waals surface area contributed by atoms with E-state index in [4.69, 9.17) is 5.11 Å². The minimum atomic E-state index is -1.65. The molecule has 0 saturated carbocycles. The van der Waals surface area contributed by atoms with Crippen molar-refractivity contribution in [2.75, 3.05) is 0 Å². The Morgan fingerprint density at radius 1 is 1.24 bits per heavy atom. The van der Waals surface area contributed by atoms with Gasteiger partial charge < -0.3 is 15.2 Å². The Balaban J connectivity index is 2.26. The fraction of sp³-hybridized carbons (Fsp3) is 0.0667. The van der Waals surface area contributed by atoms with E-state index >= 15 is 0 Å². The van der Waals surface area contributed by atoms with Crippen molar-refractivity contribution in [2.24, 2.45) is 0 Å². The maximum absolute atomic E-state index is 13.1. The number of nitrogens with one attached hydrogen (secondary N) is 1. The van der Waals surface area contributed by atoms with Gasteiger partial charge >= 0.3 is 5.97 Å². The molecule has 0 spiro atoms. The molecule has 1 aromatic heterocycles. The first-order valence-corrected chi connectivity index (χ1v) is 6.05. The van der Waals surface area contributed by atoms with Gasteiger partial charge in [0.05, 0.1) is 0 Å². The Bertz CT molecular complexity index is 718. The number of aromatic nitrogens is 1. The number of halogens is 1. The number of carboxylic acid groups (broad SMARTS) is 1. The monoisotopic (exact) mass is 289 g/mol. The van der Waals surface area contributed by atoms with Crippen molar-refractivity contribution in [1.29, 1.82) is 0 Å². The normalized spacial score (nSPS) is 11.4. The van der Waals surface area contributed by atoms with Gasteiger partial charge in [0.15, 0.2) is 0 Å². The predicted molar refractivity (Wildman–Crippen MR) is 73.2 cm³/mol. The molecule has 2 aromatic rings. The standard InChI is InChI=1S/C15H12FNO4/c16-11-3-1-2-9(5-11)4-10-7-17-8-12(10)13(18)6-14(19)15(20)21/h1-3,5-8,17-18H,4H2,(H,20,21). The lowest BCUT2D eigenvalue weighted by molar-refractivity contribution is -0.146. The van der Waals surface area contributed by atoms with E-state index in [0.29, 0.717) is 29.2 Å². The fourth-order valence-corrected chi connectivity index (χ4v) is 1.91. The summed E-state index contributed by atoms with van der Waals surface area (Å²) >= 11 is 0. The predicted octanol–water partition coefficient (Wildman–Crippen LogP) is 2.30. The number of aromatic amines is 1. The van der Waals surface area contributed by atoms with Crippen LogP contribution in [0.4, 0.5) is 4.39 Å². The quantitative estimate of drug-likeness (QED) is 0.447. The van der Waals surface area contributed by atoms with Gasteiger partial charge in [-0.05, 0) is 29.7 Å². The van der Waals surface area contributed by atoms with Gasteiger partial charge in [-0.25, -0.2) is 9.18 Å². The molecule has 1 heterocycles. The van der Waals surface area contributed by atoms with Gasteiger partial charge in [-0.2, -0.15) is 0 Å². The molecule has 1 aromatic carbocycles. The zero-order chi connectivity index (χ0) is 15.4.